The molecule has 7 nitrogen and oxygen atoms in total. The lowest BCUT2D eigenvalue weighted by Gasteiger charge is -2.18. The maximum absolute atomic E-state index is 13.2. The first kappa shape index (κ1) is 25.7. The smallest absolute Gasteiger partial charge is 0.374 e. The fourth-order valence-electron chi connectivity index (χ4n) is 3.41. The number of alkyl halides is 3. The van der Waals surface area contributed by atoms with Crippen LogP contribution in [0.25, 0.3) is 0 Å². The van der Waals surface area contributed by atoms with Gasteiger partial charge in [0.2, 0.25) is 0 Å². The van der Waals surface area contributed by atoms with E-state index in [1.165, 1.54) is 0 Å². The van der Waals surface area contributed by atoms with E-state index in [4.69, 9.17) is 14.2 Å². The Morgan fingerprint density at radius 3 is 2.53 bits per heavy atom. The monoisotopic (exact) mass is 480 g/mol. The molecule has 0 spiro atoms. The Labute approximate surface area is 194 Å². The zero-order valence-electron chi connectivity index (χ0n) is 19.1. The third-order valence-electron chi connectivity index (χ3n) is 4.99. The van der Waals surface area contributed by atoms with Gasteiger partial charge in [-0.25, -0.2) is 4.79 Å². The largest absolute Gasteiger partial charge is 0.423 e. The highest BCUT2D eigenvalue weighted by molar-refractivity contribution is 5.13. The summed E-state index contributed by atoms with van der Waals surface area (Å²) in [7, 11) is 0. The summed E-state index contributed by atoms with van der Waals surface area (Å²) in [5.41, 5.74) is -3.25. The van der Waals surface area contributed by atoms with Crippen molar-refractivity contribution in [2.45, 2.75) is 58.4 Å². The lowest BCUT2D eigenvalue weighted by atomic mass is 9.98. The van der Waals surface area contributed by atoms with E-state index >= 15 is 0 Å². The molecule has 0 amide bonds. The predicted octanol–water partition coefficient (Wildman–Crippen LogP) is 3.49. The van der Waals surface area contributed by atoms with Gasteiger partial charge in [0.1, 0.15) is 24.5 Å². The molecule has 1 saturated heterocycles. The van der Waals surface area contributed by atoms with Crippen molar-refractivity contribution in [2.75, 3.05) is 13.2 Å². The Kier molecular flexibility index (Phi) is 8.02. The van der Waals surface area contributed by atoms with Gasteiger partial charge in [-0.05, 0) is 26.3 Å². The minimum absolute atomic E-state index is 0.0831. The lowest BCUT2D eigenvalue weighted by Crippen LogP contribution is -2.36. The molecule has 0 unspecified atom stereocenters. The first-order valence-electron chi connectivity index (χ1n) is 10.8. The maximum atomic E-state index is 13.2. The molecular weight excluding hydrogens is 453 g/mol. The van der Waals surface area contributed by atoms with Crippen LogP contribution in [0.2, 0.25) is 0 Å². The van der Waals surface area contributed by atoms with Crippen LogP contribution in [0.4, 0.5) is 13.2 Å². The summed E-state index contributed by atoms with van der Waals surface area (Å²) >= 11 is 0. The number of nitrogens with one attached hydrogen (secondary N) is 1. The quantitative estimate of drug-likeness (QED) is 0.614. The number of benzene rings is 1. The molecule has 3 atom stereocenters. The molecular formula is C24H27F3N2O5. The summed E-state index contributed by atoms with van der Waals surface area (Å²) in [5, 5.41) is 0. The lowest BCUT2D eigenvalue weighted by molar-refractivity contribution is -0.139. The highest BCUT2D eigenvalue weighted by Crippen LogP contribution is 2.32. The van der Waals surface area contributed by atoms with Gasteiger partial charge in [-0.2, -0.15) is 13.2 Å². The molecule has 3 rings (SSSR count). The van der Waals surface area contributed by atoms with Gasteiger partial charge in [-0.3, -0.25) is 14.3 Å². The van der Waals surface area contributed by atoms with Crippen LogP contribution in [0, 0.1) is 17.3 Å². The first-order valence-corrected chi connectivity index (χ1v) is 10.8. The average Bonchev–Trinajstić information content (AvgIpc) is 3.13. The highest BCUT2D eigenvalue weighted by Gasteiger charge is 2.40. The number of ether oxygens (including phenoxy) is 3. The number of nitrogens with zero attached hydrogens (tertiary/aromatic N) is 1. The van der Waals surface area contributed by atoms with E-state index < -0.39 is 41.4 Å². The Bertz CT molecular complexity index is 1140. The van der Waals surface area contributed by atoms with Crippen molar-refractivity contribution < 1.29 is 27.4 Å². The van der Waals surface area contributed by atoms with Crippen LogP contribution in [0.3, 0.4) is 0 Å². The minimum Gasteiger partial charge on any atom is -0.374 e. The molecule has 1 fully saturated rings. The molecule has 10 heteroatoms. The topological polar surface area (TPSA) is 82.6 Å². The number of hydrogen-bond donors (Lipinski definition) is 1. The maximum Gasteiger partial charge on any atom is 0.423 e. The van der Waals surface area contributed by atoms with E-state index in [0.717, 1.165) is 10.1 Å². The average molecular weight is 480 g/mol. The second-order valence-electron chi connectivity index (χ2n) is 8.97. The van der Waals surface area contributed by atoms with Crippen molar-refractivity contribution in [3.8, 4) is 11.8 Å². The van der Waals surface area contributed by atoms with Crippen LogP contribution < -0.4 is 11.2 Å². The Hall–Kier alpha value is -2.87. The van der Waals surface area contributed by atoms with Crippen LogP contribution in [-0.4, -0.2) is 35.0 Å². The van der Waals surface area contributed by atoms with E-state index in [0.29, 0.717) is 12.8 Å². The molecule has 1 aliphatic heterocycles. The van der Waals surface area contributed by atoms with Crippen molar-refractivity contribution in [2.24, 2.45) is 5.41 Å². The van der Waals surface area contributed by atoms with Gasteiger partial charge in [-0.15, -0.1) is 0 Å². The van der Waals surface area contributed by atoms with Crippen LogP contribution in [0.1, 0.15) is 44.5 Å². The van der Waals surface area contributed by atoms with Gasteiger partial charge < -0.3 is 14.2 Å². The molecule has 2 heterocycles. The molecule has 34 heavy (non-hydrogen) atoms. The molecule has 0 aliphatic carbocycles. The third-order valence-corrected chi connectivity index (χ3v) is 4.99. The molecule has 0 saturated carbocycles. The predicted molar refractivity (Wildman–Crippen MR) is 118 cm³/mol. The Balaban J connectivity index is 1.77. The van der Waals surface area contributed by atoms with E-state index in [9.17, 15) is 22.8 Å². The standard InChI is InChI=1S/C24H27F3N2O5/c1-23(2,3)10-7-11-33-18-12-20(29-13-17(24(25,26)27)21(30)28-22(29)31)34-19(18)15-32-14-16-8-5-4-6-9-16/h4-6,8-9,13,18-20H,11-12,14-15H2,1-3H3,(H,28,30,31)/t18-,19+,20+/m0/s1. The Morgan fingerprint density at radius 1 is 1.18 bits per heavy atom. The molecule has 0 radical (unpaired) electrons. The van der Waals surface area contributed by atoms with E-state index in [2.05, 4.69) is 11.8 Å². The van der Waals surface area contributed by atoms with Gasteiger partial charge in [0, 0.05) is 18.0 Å². The zero-order chi connectivity index (χ0) is 24.9. The minimum atomic E-state index is -4.92. The SMILES string of the molecule is CC(C)(C)C#CCO[C@H]1C[C@H](n2cc(C(F)(F)F)c(=O)[nH]c2=O)O[C@@H]1COCc1ccccc1. The zero-order valence-corrected chi connectivity index (χ0v) is 19.1. The van der Waals surface area contributed by atoms with Crippen LogP contribution in [0.15, 0.2) is 46.1 Å². The number of rotatable bonds is 7. The molecule has 1 aromatic carbocycles. The summed E-state index contributed by atoms with van der Waals surface area (Å²) in [4.78, 5) is 25.6. The number of aromatic amines is 1. The van der Waals surface area contributed by atoms with E-state index in [1.807, 2.05) is 51.1 Å². The fourth-order valence-corrected chi connectivity index (χ4v) is 3.41. The van der Waals surface area contributed by atoms with Gasteiger partial charge in [0.05, 0.1) is 19.3 Å². The summed E-state index contributed by atoms with van der Waals surface area (Å²) < 4.78 is 57.8. The number of H-pyrrole nitrogens is 1. The summed E-state index contributed by atoms with van der Waals surface area (Å²) in [6, 6.07) is 9.43. The van der Waals surface area contributed by atoms with Crippen molar-refractivity contribution in [3.63, 3.8) is 0 Å². The van der Waals surface area contributed by atoms with Crippen molar-refractivity contribution in [1.29, 1.82) is 0 Å². The van der Waals surface area contributed by atoms with E-state index in [1.54, 1.807) is 4.98 Å². The van der Waals surface area contributed by atoms with Gasteiger partial charge >= 0.3 is 11.9 Å². The van der Waals surface area contributed by atoms with Gasteiger partial charge in [-0.1, -0.05) is 42.2 Å². The fraction of sp³-hybridized carbons (Fsp3) is 0.500. The van der Waals surface area contributed by atoms with Crippen molar-refractivity contribution in [3.05, 3.63) is 68.5 Å². The first-order chi connectivity index (χ1) is 15.9. The Morgan fingerprint density at radius 2 is 1.88 bits per heavy atom. The second kappa shape index (κ2) is 10.6. The molecule has 1 N–H and O–H groups in total. The summed E-state index contributed by atoms with van der Waals surface area (Å²) in [6.45, 7) is 6.34. The van der Waals surface area contributed by atoms with Crippen molar-refractivity contribution in [1.82, 2.24) is 9.55 Å². The van der Waals surface area contributed by atoms with Gasteiger partial charge in [0.25, 0.3) is 5.56 Å². The van der Waals surface area contributed by atoms with Crippen molar-refractivity contribution >= 4 is 0 Å². The van der Waals surface area contributed by atoms with E-state index in [-0.39, 0.29) is 25.0 Å². The number of hydrogen-bond acceptors (Lipinski definition) is 5. The van der Waals surface area contributed by atoms with Gasteiger partial charge in [0.15, 0.2) is 0 Å². The normalized spacial score (nSPS) is 20.7. The molecule has 0 bridgehead atoms. The number of halogens is 3. The molecule has 1 aliphatic rings. The molecule has 184 valence electrons. The molecule has 1 aromatic heterocycles. The highest BCUT2D eigenvalue weighted by atomic mass is 19.4. The second-order valence-corrected chi connectivity index (χ2v) is 8.97. The summed E-state index contributed by atoms with van der Waals surface area (Å²) in [5.74, 6) is 5.96. The molecule has 2 aromatic rings. The summed E-state index contributed by atoms with van der Waals surface area (Å²) in [6.07, 6.45) is -6.66. The number of aromatic nitrogens is 2. The van der Waals surface area contributed by atoms with Crippen LogP contribution in [-0.2, 0) is 27.0 Å². The third kappa shape index (κ3) is 7.06. The van der Waals surface area contributed by atoms with Crippen LogP contribution in [0.5, 0.6) is 0 Å². The van der Waals surface area contributed by atoms with Crippen LogP contribution >= 0.6 is 0 Å².